The second-order valence-corrected chi connectivity index (χ2v) is 7.60. The van der Waals surface area contributed by atoms with E-state index >= 15 is 0 Å². The van der Waals surface area contributed by atoms with Gasteiger partial charge in [0.2, 0.25) is 0 Å². The molecule has 5 nitrogen and oxygen atoms in total. The van der Waals surface area contributed by atoms with Gasteiger partial charge >= 0.3 is 0 Å². The number of nitrogens with two attached hydrogens (primary N) is 1. The van der Waals surface area contributed by atoms with E-state index in [0.29, 0.717) is 13.0 Å². The number of H-pyrrole nitrogens is 1. The predicted molar refractivity (Wildman–Crippen MR) is 119 cm³/mol. The van der Waals surface area contributed by atoms with Gasteiger partial charge < -0.3 is 16.0 Å². The molecule has 0 amide bonds. The van der Waals surface area contributed by atoms with E-state index < -0.39 is 6.04 Å². The van der Waals surface area contributed by atoms with Gasteiger partial charge in [0, 0.05) is 43.3 Å². The Morgan fingerprint density at radius 3 is 2.83 bits per heavy atom. The minimum atomic E-state index is -0.514. The maximum absolute atomic E-state index is 13.2. The number of carbonyl (C=O) groups is 1. The molecule has 2 atom stereocenters. The SMILES string of the molecule is N[C@@H](Cc1c[nH]c2ccccc12)C(=O)C1CNCCN1C/C=C/c1ccccc1. The summed E-state index contributed by atoms with van der Waals surface area (Å²) in [5.74, 6) is 0.107. The van der Waals surface area contributed by atoms with E-state index in [0.717, 1.165) is 36.1 Å². The molecule has 1 saturated heterocycles. The summed E-state index contributed by atoms with van der Waals surface area (Å²) in [7, 11) is 0. The van der Waals surface area contributed by atoms with Gasteiger partial charge in [0.05, 0.1) is 12.1 Å². The zero-order valence-corrected chi connectivity index (χ0v) is 16.6. The summed E-state index contributed by atoms with van der Waals surface area (Å²) in [6.45, 7) is 3.13. The lowest BCUT2D eigenvalue weighted by atomic mass is 9.96. The molecule has 0 aliphatic carbocycles. The first-order valence-electron chi connectivity index (χ1n) is 10.2. The van der Waals surface area contributed by atoms with Crippen LogP contribution >= 0.6 is 0 Å². The molecule has 29 heavy (non-hydrogen) atoms. The maximum atomic E-state index is 13.2. The molecule has 2 aromatic carbocycles. The van der Waals surface area contributed by atoms with Gasteiger partial charge in [-0.2, -0.15) is 0 Å². The molecular weight excluding hydrogens is 360 g/mol. The lowest BCUT2D eigenvalue weighted by Crippen LogP contribution is -2.58. The Balaban J connectivity index is 1.41. The van der Waals surface area contributed by atoms with Crippen LogP contribution in [-0.2, 0) is 11.2 Å². The molecule has 1 aromatic heterocycles. The smallest absolute Gasteiger partial charge is 0.168 e. The summed E-state index contributed by atoms with van der Waals surface area (Å²) in [6, 6.07) is 17.6. The Bertz CT molecular complexity index is 979. The van der Waals surface area contributed by atoms with E-state index in [1.807, 2.05) is 42.6 Å². The first-order valence-corrected chi connectivity index (χ1v) is 10.2. The van der Waals surface area contributed by atoms with E-state index in [9.17, 15) is 4.79 Å². The lowest BCUT2D eigenvalue weighted by molar-refractivity contribution is -0.125. The van der Waals surface area contributed by atoms with E-state index in [-0.39, 0.29) is 11.8 Å². The zero-order chi connectivity index (χ0) is 20.1. The van der Waals surface area contributed by atoms with Crippen LogP contribution in [0.15, 0.2) is 66.9 Å². The number of nitrogens with one attached hydrogen (secondary N) is 2. The van der Waals surface area contributed by atoms with Crippen LogP contribution in [0.25, 0.3) is 17.0 Å². The van der Waals surface area contributed by atoms with Crippen molar-refractivity contribution >= 4 is 22.8 Å². The molecule has 0 spiro atoms. The largest absolute Gasteiger partial charge is 0.361 e. The summed E-state index contributed by atoms with van der Waals surface area (Å²) < 4.78 is 0. The number of para-hydroxylation sites is 1. The van der Waals surface area contributed by atoms with Crippen molar-refractivity contribution in [3.8, 4) is 0 Å². The standard InChI is InChI=1S/C24H28N4O/c25-21(15-19-16-27-22-11-5-4-10-20(19)22)24(29)23-17-26-12-14-28(23)13-6-9-18-7-2-1-3-8-18/h1-11,16,21,23,26-27H,12-15,17,25H2/b9-6+/t21-,23?/m0/s1. The summed E-state index contributed by atoms with van der Waals surface area (Å²) in [5.41, 5.74) is 9.72. The van der Waals surface area contributed by atoms with Gasteiger partial charge in [-0.25, -0.2) is 0 Å². The quantitative estimate of drug-likeness (QED) is 0.582. The Hall–Kier alpha value is -2.73. The Labute approximate surface area is 171 Å². The van der Waals surface area contributed by atoms with Gasteiger partial charge in [-0.3, -0.25) is 9.69 Å². The van der Waals surface area contributed by atoms with Gasteiger partial charge in [0.1, 0.15) is 0 Å². The van der Waals surface area contributed by atoms with Gasteiger partial charge in [-0.1, -0.05) is 60.7 Å². The number of nitrogens with zero attached hydrogens (tertiary/aromatic N) is 1. The number of aromatic nitrogens is 1. The summed E-state index contributed by atoms with van der Waals surface area (Å²) in [6.07, 6.45) is 6.76. The molecule has 5 heteroatoms. The van der Waals surface area contributed by atoms with Crippen LogP contribution < -0.4 is 11.1 Å². The number of aromatic amines is 1. The minimum Gasteiger partial charge on any atom is -0.361 e. The molecule has 1 fully saturated rings. The van der Waals surface area contributed by atoms with Crippen LogP contribution in [0.5, 0.6) is 0 Å². The normalized spacial score (nSPS) is 19.0. The van der Waals surface area contributed by atoms with Crippen molar-refractivity contribution < 1.29 is 4.79 Å². The van der Waals surface area contributed by atoms with Crippen molar-refractivity contribution in [3.63, 3.8) is 0 Å². The molecule has 1 aliphatic heterocycles. The highest BCUT2D eigenvalue weighted by Crippen LogP contribution is 2.19. The number of Topliss-reactive ketones (excluding diaryl/α,β-unsaturated/α-hetero) is 1. The molecule has 4 rings (SSSR count). The molecule has 0 saturated carbocycles. The van der Waals surface area contributed by atoms with Gasteiger partial charge in [-0.05, 0) is 23.6 Å². The second kappa shape index (κ2) is 9.18. The minimum absolute atomic E-state index is 0.107. The van der Waals surface area contributed by atoms with E-state index in [1.165, 1.54) is 5.56 Å². The lowest BCUT2D eigenvalue weighted by Gasteiger charge is -2.35. The predicted octanol–water partition coefficient (Wildman–Crippen LogP) is 2.59. The number of rotatable bonds is 7. The number of benzene rings is 2. The van der Waals surface area contributed by atoms with E-state index in [4.69, 9.17) is 5.73 Å². The highest BCUT2D eigenvalue weighted by atomic mass is 16.1. The number of hydrogen-bond donors (Lipinski definition) is 3. The fourth-order valence-electron chi connectivity index (χ4n) is 4.02. The molecule has 2 heterocycles. The van der Waals surface area contributed by atoms with Crippen molar-refractivity contribution in [1.29, 1.82) is 0 Å². The third kappa shape index (κ3) is 4.65. The van der Waals surface area contributed by atoms with Crippen LogP contribution in [0, 0.1) is 0 Å². The Kier molecular flexibility index (Phi) is 6.20. The number of hydrogen-bond acceptors (Lipinski definition) is 4. The number of piperazine rings is 1. The Morgan fingerprint density at radius 1 is 1.17 bits per heavy atom. The van der Waals surface area contributed by atoms with Crippen molar-refractivity contribution in [3.05, 3.63) is 78.0 Å². The van der Waals surface area contributed by atoms with Crippen LogP contribution in [0.4, 0.5) is 0 Å². The Morgan fingerprint density at radius 2 is 1.97 bits per heavy atom. The summed E-state index contributed by atoms with van der Waals surface area (Å²) in [5, 5.41) is 4.49. The average molecular weight is 389 g/mol. The highest BCUT2D eigenvalue weighted by Gasteiger charge is 2.31. The fraction of sp³-hybridized carbons (Fsp3) is 0.292. The molecule has 1 aliphatic rings. The van der Waals surface area contributed by atoms with Gasteiger partial charge in [-0.15, -0.1) is 0 Å². The van der Waals surface area contributed by atoms with Gasteiger partial charge in [0.15, 0.2) is 5.78 Å². The fourth-order valence-corrected chi connectivity index (χ4v) is 4.02. The molecule has 4 N–H and O–H groups in total. The molecular formula is C24H28N4O. The van der Waals surface area contributed by atoms with Crippen LogP contribution in [0.2, 0.25) is 0 Å². The van der Waals surface area contributed by atoms with E-state index in [1.54, 1.807) is 0 Å². The highest BCUT2D eigenvalue weighted by molar-refractivity contribution is 5.91. The van der Waals surface area contributed by atoms with Crippen molar-refractivity contribution in [2.75, 3.05) is 26.2 Å². The van der Waals surface area contributed by atoms with Crippen LogP contribution in [0.3, 0.4) is 0 Å². The molecule has 1 unspecified atom stereocenters. The van der Waals surface area contributed by atoms with Crippen molar-refractivity contribution in [1.82, 2.24) is 15.2 Å². The molecule has 3 aromatic rings. The third-order valence-electron chi connectivity index (χ3n) is 5.61. The molecule has 150 valence electrons. The molecule has 0 bridgehead atoms. The third-order valence-corrected chi connectivity index (χ3v) is 5.61. The number of ketones is 1. The van der Waals surface area contributed by atoms with Crippen molar-refractivity contribution in [2.45, 2.75) is 18.5 Å². The first-order chi connectivity index (χ1) is 14.2. The monoisotopic (exact) mass is 388 g/mol. The number of carbonyl (C=O) groups excluding carboxylic acids is 1. The second-order valence-electron chi connectivity index (χ2n) is 7.60. The molecule has 0 radical (unpaired) electrons. The van der Waals surface area contributed by atoms with E-state index in [2.05, 4.69) is 45.6 Å². The summed E-state index contributed by atoms with van der Waals surface area (Å²) in [4.78, 5) is 18.7. The topological polar surface area (TPSA) is 74.1 Å². The maximum Gasteiger partial charge on any atom is 0.168 e. The average Bonchev–Trinajstić information content (AvgIpc) is 3.17. The zero-order valence-electron chi connectivity index (χ0n) is 16.6. The van der Waals surface area contributed by atoms with Gasteiger partial charge in [0.25, 0.3) is 0 Å². The summed E-state index contributed by atoms with van der Waals surface area (Å²) >= 11 is 0. The van der Waals surface area contributed by atoms with Crippen LogP contribution in [0.1, 0.15) is 11.1 Å². The van der Waals surface area contributed by atoms with Crippen LogP contribution in [-0.4, -0.2) is 53.9 Å². The first kappa shape index (κ1) is 19.6. The van der Waals surface area contributed by atoms with Crippen molar-refractivity contribution in [2.24, 2.45) is 5.73 Å². The number of fused-ring (bicyclic) bond motifs is 1.